The summed E-state index contributed by atoms with van der Waals surface area (Å²) in [5.74, 6) is -0.918. The van der Waals surface area contributed by atoms with Gasteiger partial charge in [-0.1, -0.05) is 12.8 Å². The monoisotopic (exact) mass is 228 g/mol. The van der Waals surface area contributed by atoms with Crippen LogP contribution in [0.3, 0.4) is 0 Å². The fourth-order valence-electron chi connectivity index (χ4n) is 1.89. The van der Waals surface area contributed by atoms with Crippen molar-refractivity contribution in [2.24, 2.45) is 0 Å². The van der Waals surface area contributed by atoms with Crippen LogP contribution in [-0.4, -0.2) is 47.6 Å². The van der Waals surface area contributed by atoms with Gasteiger partial charge in [-0.25, -0.2) is 0 Å². The quantitative estimate of drug-likeness (QED) is 0.733. The fourth-order valence-corrected chi connectivity index (χ4v) is 1.89. The van der Waals surface area contributed by atoms with Crippen LogP contribution in [0, 0.1) is 0 Å². The van der Waals surface area contributed by atoms with Crippen molar-refractivity contribution >= 4 is 11.9 Å². The zero-order valence-electron chi connectivity index (χ0n) is 9.74. The van der Waals surface area contributed by atoms with E-state index in [9.17, 15) is 9.59 Å². The molecule has 5 heteroatoms. The van der Waals surface area contributed by atoms with Gasteiger partial charge in [0.1, 0.15) is 0 Å². The standard InChI is InChI=1S/C11H20N2O3/c1-9(12-8-10(14)15)11(16)13-6-4-2-3-5-7-13/h9,12H,2-8H2,1H3,(H,14,15). The molecular formula is C11H20N2O3. The fraction of sp³-hybridized carbons (Fsp3) is 0.818. The number of likely N-dealkylation sites (tertiary alicyclic amines) is 1. The first-order valence-electron chi connectivity index (χ1n) is 5.85. The maximum absolute atomic E-state index is 11.9. The van der Waals surface area contributed by atoms with Gasteiger partial charge in [0.15, 0.2) is 0 Å². The number of rotatable bonds is 4. The summed E-state index contributed by atoms with van der Waals surface area (Å²) in [7, 11) is 0. The van der Waals surface area contributed by atoms with Gasteiger partial charge >= 0.3 is 5.97 Å². The molecule has 0 aliphatic carbocycles. The van der Waals surface area contributed by atoms with E-state index in [1.54, 1.807) is 6.92 Å². The van der Waals surface area contributed by atoms with E-state index >= 15 is 0 Å². The highest BCUT2D eigenvalue weighted by molar-refractivity contribution is 5.82. The van der Waals surface area contributed by atoms with Crippen molar-refractivity contribution in [3.8, 4) is 0 Å². The van der Waals surface area contributed by atoms with E-state index in [-0.39, 0.29) is 12.5 Å². The van der Waals surface area contributed by atoms with Gasteiger partial charge in [0.05, 0.1) is 12.6 Å². The minimum atomic E-state index is -0.935. The lowest BCUT2D eigenvalue weighted by molar-refractivity contribution is -0.137. The number of amides is 1. The van der Waals surface area contributed by atoms with Crippen LogP contribution in [-0.2, 0) is 9.59 Å². The average molecular weight is 228 g/mol. The molecule has 1 heterocycles. The topological polar surface area (TPSA) is 69.6 Å². The first-order chi connectivity index (χ1) is 7.61. The third-order valence-corrected chi connectivity index (χ3v) is 2.85. The molecule has 16 heavy (non-hydrogen) atoms. The summed E-state index contributed by atoms with van der Waals surface area (Å²) in [6.07, 6.45) is 4.47. The third-order valence-electron chi connectivity index (χ3n) is 2.85. The Labute approximate surface area is 95.8 Å². The predicted octanol–water partition coefficient (Wildman–Crippen LogP) is 0.452. The van der Waals surface area contributed by atoms with E-state index in [2.05, 4.69) is 5.32 Å². The zero-order valence-corrected chi connectivity index (χ0v) is 9.74. The van der Waals surface area contributed by atoms with Crippen molar-refractivity contribution in [2.75, 3.05) is 19.6 Å². The molecule has 1 atom stereocenters. The molecule has 0 spiro atoms. The predicted molar refractivity (Wildman–Crippen MR) is 60.1 cm³/mol. The number of aliphatic carboxylic acids is 1. The maximum atomic E-state index is 11.9. The lowest BCUT2D eigenvalue weighted by atomic mass is 10.2. The normalized spacial score (nSPS) is 18.9. The maximum Gasteiger partial charge on any atom is 0.317 e. The second kappa shape index (κ2) is 6.48. The first-order valence-corrected chi connectivity index (χ1v) is 5.85. The molecule has 1 saturated heterocycles. The Morgan fingerprint density at radius 1 is 1.25 bits per heavy atom. The summed E-state index contributed by atoms with van der Waals surface area (Å²) in [5.41, 5.74) is 0. The van der Waals surface area contributed by atoms with Crippen LogP contribution < -0.4 is 5.32 Å². The molecule has 0 aromatic carbocycles. The Morgan fingerprint density at radius 3 is 2.31 bits per heavy atom. The van der Waals surface area contributed by atoms with E-state index < -0.39 is 12.0 Å². The number of carbonyl (C=O) groups is 2. The van der Waals surface area contributed by atoms with Crippen molar-refractivity contribution in [2.45, 2.75) is 38.6 Å². The molecule has 0 aromatic heterocycles. The largest absolute Gasteiger partial charge is 0.480 e. The molecule has 1 rings (SSSR count). The van der Waals surface area contributed by atoms with Crippen LogP contribution in [0.5, 0.6) is 0 Å². The van der Waals surface area contributed by atoms with Crippen LogP contribution in [0.25, 0.3) is 0 Å². The zero-order chi connectivity index (χ0) is 12.0. The lowest BCUT2D eigenvalue weighted by Gasteiger charge is -2.24. The number of hydrogen-bond acceptors (Lipinski definition) is 3. The Hall–Kier alpha value is -1.10. The van der Waals surface area contributed by atoms with Gasteiger partial charge < -0.3 is 10.0 Å². The number of hydrogen-bond donors (Lipinski definition) is 2. The second-order valence-electron chi connectivity index (χ2n) is 4.24. The molecule has 0 aromatic rings. The van der Waals surface area contributed by atoms with Gasteiger partial charge in [0.2, 0.25) is 5.91 Å². The summed E-state index contributed by atoms with van der Waals surface area (Å²) in [5, 5.41) is 11.2. The highest BCUT2D eigenvalue weighted by Gasteiger charge is 2.21. The SMILES string of the molecule is CC(NCC(=O)O)C(=O)N1CCCCCC1. The number of carboxylic acids is 1. The molecule has 1 amide bonds. The lowest BCUT2D eigenvalue weighted by Crippen LogP contribution is -2.46. The minimum absolute atomic E-state index is 0.0168. The molecule has 1 aliphatic heterocycles. The Balaban J connectivity index is 2.38. The first kappa shape index (κ1) is 13.0. The average Bonchev–Trinajstić information content (AvgIpc) is 2.53. The molecule has 1 aliphatic rings. The molecule has 0 saturated carbocycles. The Morgan fingerprint density at radius 2 is 1.81 bits per heavy atom. The highest BCUT2D eigenvalue weighted by Crippen LogP contribution is 2.10. The van der Waals surface area contributed by atoms with Crippen molar-refractivity contribution < 1.29 is 14.7 Å². The van der Waals surface area contributed by atoms with Crippen LogP contribution in [0.15, 0.2) is 0 Å². The molecule has 1 fully saturated rings. The number of nitrogens with one attached hydrogen (secondary N) is 1. The van der Waals surface area contributed by atoms with E-state index in [1.807, 2.05) is 4.90 Å². The summed E-state index contributed by atoms with van der Waals surface area (Å²) in [6.45, 7) is 3.16. The van der Waals surface area contributed by atoms with E-state index in [0.717, 1.165) is 25.9 Å². The third kappa shape index (κ3) is 4.18. The number of nitrogens with zero attached hydrogens (tertiary/aromatic N) is 1. The van der Waals surface area contributed by atoms with Gasteiger partial charge in [0, 0.05) is 13.1 Å². The van der Waals surface area contributed by atoms with E-state index in [1.165, 1.54) is 12.8 Å². The molecule has 0 bridgehead atoms. The van der Waals surface area contributed by atoms with Crippen molar-refractivity contribution in [3.63, 3.8) is 0 Å². The van der Waals surface area contributed by atoms with Crippen LogP contribution in [0.4, 0.5) is 0 Å². The van der Waals surface area contributed by atoms with E-state index in [0.29, 0.717) is 0 Å². The Bertz CT molecular complexity index is 248. The molecule has 2 N–H and O–H groups in total. The number of carboxylic acid groups (broad SMARTS) is 1. The van der Waals surface area contributed by atoms with Gasteiger partial charge in [-0.3, -0.25) is 14.9 Å². The minimum Gasteiger partial charge on any atom is -0.480 e. The van der Waals surface area contributed by atoms with Gasteiger partial charge in [-0.15, -0.1) is 0 Å². The van der Waals surface area contributed by atoms with Crippen molar-refractivity contribution in [1.29, 1.82) is 0 Å². The second-order valence-corrected chi connectivity index (χ2v) is 4.24. The molecule has 0 radical (unpaired) electrons. The van der Waals surface area contributed by atoms with Crippen molar-refractivity contribution in [3.05, 3.63) is 0 Å². The molecule has 5 nitrogen and oxygen atoms in total. The van der Waals surface area contributed by atoms with Gasteiger partial charge in [0.25, 0.3) is 0 Å². The van der Waals surface area contributed by atoms with Gasteiger partial charge in [-0.05, 0) is 19.8 Å². The van der Waals surface area contributed by atoms with E-state index in [4.69, 9.17) is 5.11 Å². The van der Waals surface area contributed by atoms with Crippen LogP contribution in [0.1, 0.15) is 32.6 Å². The van der Waals surface area contributed by atoms with Crippen LogP contribution in [0.2, 0.25) is 0 Å². The van der Waals surface area contributed by atoms with Gasteiger partial charge in [-0.2, -0.15) is 0 Å². The smallest absolute Gasteiger partial charge is 0.317 e. The Kier molecular flexibility index (Phi) is 5.25. The highest BCUT2D eigenvalue weighted by atomic mass is 16.4. The molecule has 1 unspecified atom stereocenters. The van der Waals surface area contributed by atoms with Crippen molar-refractivity contribution in [1.82, 2.24) is 10.2 Å². The summed E-state index contributed by atoms with van der Waals surface area (Å²) < 4.78 is 0. The number of carbonyl (C=O) groups excluding carboxylic acids is 1. The molecule has 92 valence electrons. The summed E-state index contributed by atoms with van der Waals surface area (Å²) in [4.78, 5) is 24.1. The summed E-state index contributed by atoms with van der Waals surface area (Å²) in [6, 6.07) is -0.408. The van der Waals surface area contributed by atoms with Crippen LogP contribution >= 0.6 is 0 Å². The summed E-state index contributed by atoms with van der Waals surface area (Å²) >= 11 is 0. The molecular weight excluding hydrogens is 208 g/mol.